The average Bonchev–Trinajstić information content (AvgIpc) is 3.26. The van der Waals surface area contributed by atoms with Gasteiger partial charge in [0, 0.05) is 25.6 Å². The minimum atomic E-state index is -0.406. The summed E-state index contributed by atoms with van der Waals surface area (Å²) in [5.74, 6) is -0.527. The molecule has 0 saturated carbocycles. The third-order valence-electron chi connectivity index (χ3n) is 4.57. The molecule has 2 aromatic rings. The van der Waals surface area contributed by atoms with Gasteiger partial charge in [-0.3, -0.25) is 4.79 Å². The predicted octanol–water partition coefficient (Wildman–Crippen LogP) is 2.96. The summed E-state index contributed by atoms with van der Waals surface area (Å²) in [6.07, 6.45) is 5.87. The molecule has 8 heteroatoms. The van der Waals surface area contributed by atoms with Gasteiger partial charge >= 0.3 is 5.97 Å². The highest BCUT2D eigenvalue weighted by Gasteiger charge is 2.36. The van der Waals surface area contributed by atoms with E-state index in [2.05, 4.69) is 14.9 Å². The third kappa shape index (κ3) is 3.96. The van der Waals surface area contributed by atoms with Crippen molar-refractivity contribution in [3.05, 3.63) is 35.1 Å². The summed E-state index contributed by atoms with van der Waals surface area (Å²) >= 11 is 1.15. The van der Waals surface area contributed by atoms with Gasteiger partial charge in [-0.05, 0) is 38.8 Å². The summed E-state index contributed by atoms with van der Waals surface area (Å²) in [7, 11) is 0. The number of anilines is 1. The van der Waals surface area contributed by atoms with Crippen LogP contribution in [0.2, 0.25) is 0 Å². The molecule has 26 heavy (non-hydrogen) atoms. The van der Waals surface area contributed by atoms with Crippen LogP contribution in [-0.4, -0.2) is 41.2 Å². The Labute approximate surface area is 156 Å². The second-order valence-electron chi connectivity index (χ2n) is 6.31. The molecule has 1 amide bonds. The lowest BCUT2D eigenvalue weighted by Crippen LogP contribution is -2.42. The monoisotopic (exact) mass is 377 g/mol. The van der Waals surface area contributed by atoms with Crippen LogP contribution in [0, 0.1) is 6.92 Å². The van der Waals surface area contributed by atoms with Crippen molar-refractivity contribution in [2.75, 3.05) is 25.1 Å². The number of amides is 1. The number of hydrogen-bond acceptors (Lipinski definition) is 6. The number of rotatable bonds is 6. The zero-order chi connectivity index (χ0) is 18.6. The topological polar surface area (TPSA) is 82.5 Å². The maximum absolute atomic E-state index is 12.7. The summed E-state index contributed by atoms with van der Waals surface area (Å²) < 4.78 is 12.6. The number of aryl methyl sites for hydroxylation is 1. The lowest BCUT2D eigenvalue weighted by molar-refractivity contribution is -0.119. The first-order valence-electron chi connectivity index (χ1n) is 8.70. The molecule has 1 N–H and O–H groups in total. The first kappa shape index (κ1) is 18.6. The molecule has 140 valence electrons. The minimum absolute atomic E-state index is 0.121. The molecule has 0 aliphatic carbocycles. The van der Waals surface area contributed by atoms with Gasteiger partial charge in [0.25, 0.3) is 0 Å². The Morgan fingerprint density at radius 3 is 2.69 bits per heavy atom. The van der Waals surface area contributed by atoms with E-state index in [0.717, 1.165) is 24.2 Å². The van der Waals surface area contributed by atoms with Crippen molar-refractivity contribution < 1.29 is 19.1 Å². The summed E-state index contributed by atoms with van der Waals surface area (Å²) in [6.45, 7) is 5.06. The molecule has 3 rings (SSSR count). The quantitative estimate of drug-likeness (QED) is 0.783. The lowest BCUT2D eigenvalue weighted by Gasteiger charge is -2.38. The predicted molar refractivity (Wildman–Crippen MR) is 98.5 cm³/mol. The molecule has 0 spiro atoms. The van der Waals surface area contributed by atoms with Crippen LogP contribution in [0.3, 0.4) is 0 Å². The van der Waals surface area contributed by atoms with Gasteiger partial charge in [-0.15, -0.1) is 0 Å². The first-order valence-corrected chi connectivity index (χ1v) is 9.51. The Kier molecular flexibility index (Phi) is 5.73. The van der Waals surface area contributed by atoms with Crippen molar-refractivity contribution in [2.45, 2.75) is 38.6 Å². The number of hydrogen-bond donors (Lipinski definition) is 1. The zero-order valence-electron chi connectivity index (χ0n) is 15.0. The molecule has 0 unspecified atom stereocenters. The normalized spacial score (nSPS) is 16.2. The SMILES string of the molecule is CCOC(=O)c1sc(NC(=O)CC2(n3cccc3)CCOCC2)nc1C. The largest absolute Gasteiger partial charge is 0.462 e. The lowest BCUT2D eigenvalue weighted by atomic mass is 9.86. The first-order chi connectivity index (χ1) is 12.5. The van der Waals surface area contributed by atoms with E-state index in [1.165, 1.54) is 0 Å². The third-order valence-corrected chi connectivity index (χ3v) is 5.62. The molecule has 1 aliphatic heterocycles. The fourth-order valence-corrected chi connectivity index (χ4v) is 4.10. The van der Waals surface area contributed by atoms with Crippen LogP contribution in [0.4, 0.5) is 5.13 Å². The smallest absolute Gasteiger partial charge is 0.350 e. The fourth-order valence-electron chi connectivity index (χ4n) is 3.23. The van der Waals surface area contributed by atoms with Crippen LogP contribution in [0.15, 0.2) is 24.5 Å². The van der Waals surface area contributed by atoms with E-state index in [9.17, 15) is 9.59 Å². The van der Waals surface area contributed by atoms with Crippen LogP contribution in [-0.2, 0) is 19.8 Å². The molecule has 1 fully saturated rings. The maximum atomic E-state index is 12.7. The minimum Gasteiger partial charge on any atom is -0.462 e. The van der Waals surface area contributed by atoms with Crippen LogP contribution < -0.4 is 5.32 Å². The standard InChI is InChI=1S/C18H23N3O4S/c1-3-25-16(23)15-13(2)19-17(26-15)20-14(22)12-18(6-10-24-11-7-18)21-8-4-5-9-21/h4-5,8-9H,3,6-7,10-12H2,1-2H3,(H,19,20,22). The van der Waals surface area contributed by atoms with E-state index < -0.39 is 5.97 Å². The molecule has 2 aromatic heterocycles. The molecule has 0 bridgehead atoms. The van der Waals surface area contributed by atoms with E-state index in [1.54, 1.807) is 13.8 Å². The van der Waals surface area contributed by atoms with Gasteiger partial charge in [0.05, 0.1) is 24.3 Å². The molecule has 1 aliphatic rings. The Hall–Kier alpha value is -2.19. The Bertz CT molecular complexity index is 764. The van der Waals surface area contributed by atoms with Crippen molar-refractivity contribution in [2.24, 2.45) is 0 Å². The van der Waals surface area contributed by atoms with Gasteiger partial charge in [0.15, 0.2) is 5.13 Å². The summed E-state index contributed by atoms with van der Waals surface area (Å²) in [5, 5.41) is 3.26. The summed E-state index contributed by atoms with van der Waals surface area (Å²) in [6, 6.07) is 3.93. The zero-order valence-corrected chi connectivity index (χ0v) is 15.8. The van der Waals surface area contributed by atoms with Crippen LogP contribution in [0.5, 0.6) is 0 Å². The van der Waals surface area contributed by atoms with Crippen molar-refractivity contribution in [1.82, 2.24) is 9.55 Å². The van der Waals surface area contributed by atoms with Crippen molar-refractivity contribution in [3.63, 3.8) is 0 Å². The van der Waals surface area contributed by atoms with Gasteiger partial charge in [-0.1, -0.05) is 11.3 Å². The second kappa shape index (κ2) is 8.01. The van der Waals surface area contributed by atoms with Gasteiger partial charge in [0.2, 0.25) is 5.91 Å². The fraction of sp³-hybridized carbons (Fsp3) is 0.500. The van der Waals surface area contributed by atoms with Crippen LogP contribution in [0.25, 0.3) is 0 Å². The Balaban J connectivity index is 1.71. The summed E-state index contributed by atoms with van der Waals surface area (Å²) in [4.78, 5) is 29.3. The number of thiazole rings is 1. The molecule has 3 heterocycles. The van der Waals surface area contributed by atoms with Gasteiger partial charge in [-0.2, -0.15) is 0 Å². The van der Waals surface area contributed by atoms with Crippen molar-refractivity contribution >= 4 is 28.3 Å². The molecule has 0 radical (unpaired) electrons. The van der Waals surface area contributed by atoms with E-state index in [0.29, 0.717) is 41.9 Å². The van der Waals surface area contributed by atoms with Gasteiger partial charge < -0.3 is 19.4 Å². The van der Waals surface area contributed by atoms with Gasteiger partial charge in [-0.25, -0.2) is 9.78 Å². The van der Waals surface area contributed by atoms with Crippen LogP contribution in [0.1, 0.15) is 41.6 Å². The van der Waals surface area contributed by atoms with Crippen LogP contribution >= 0.6 is 11.3 Å². The number of esters is 1. The number of nitrogens with one attached hydrogen (secondary N) is 1. The number of carbonyl (C=O) groups is 2. The van der Waals surface area contributed by atoms with Crippen molar-refractivity contribution in [3.8, 4) is 0 Å². The number of ether oxygens (including phenoxy) is 2. The molecule has 0 aromatic carbocycles. The number of aromatic nitrogens is 2. The van der Waals surface area contributed by atoms with E-state index in [-0.39, 0.29) is 11.4 Å². The van der Waals surface area contributed by atoms with E-state index >= 15 is 0 Å². The molecule has 7 nitrogen and oxygen atoms in total. The molecule has 1 saturated heterocycles. The average molecular weight is 377 g/mol. The highest BCUT2D eigenvalue weighted by molar-refractivity contribution is 7.17. The molecular weight excluding hydrogens is 354 g/mol. The Morgan fingerprint density at radius 1 is 1.35 bits per heavy atom. The van der Waals surface area contributed by atoms with Crippen molar-refractivity contribution in [1.29, 1.82) is 0 Å². The summed E-state index contributed by atoms with van der Waals surface area (Å²) in [5.41, 5.74) is 0.275. The van der Waals surface area contributed by atoms with E-state index in [1.807, 2.05) is 24.5 Å². The number of carbonyl (C=O) groups excluding carboxylic acids is 2. The van der Waals surface area contributed by atoms with Gasteiger partial charge in [0.1, 0.15) is 4.88 Å². The van der Waals surface area contributed by atoms with E-state index in [4.69, 9.17) is 9.47 Å². The Morgan fingerprint density at radius 2 is 2.04 bits per heavy atom. The molecular formula is C18H23N3O4S. The maximum Gasteiger partial charge on any atom is 0.350 e. The highest BCUT2D eigenvalue weighted by Crippen LogP contribution is 2.33. The molecule has 0 atom stereocenters. The highest BCUT2D eigenvalue weighted by atomic mass is 32.1. The second-order valence-corrected chi connectivity index (χ2v) is 7.31. The number of nitrogens with zero attached hydrogens (tertiary/aromatic N) is 2.